The summed E-state index contributed by atoms with van der Waals surface area (Å²) in [6, 6.07) is 1.93. The van der Waals surface area contributed by atoms with Gasteiger partial charge >= 0.3 is 0 Å². The number of thiocarbonyl (C=S) groups is 1. The van der Waals surface area contributed by atoms with Crippen molar-refractivity contribution in [3.05, 3.63) is 23.0 Å². The molecule has 0 saturated heterocycles. The number of hydrogen-bond acceptors (Lipinski definition) is 3. The zero-order valence-corrected chi connectivity index (χ0v) is 11.1. The van der Waals surface area contributed by atoms with Crippen molar-refractivity contribution in [2.75, 3.05) is 0 Å². The molecule has 0 bridgehead atoms. The Labute approximate surface area is 107 Å². The van der Waals surface area contributed by atoms with Crippen LogP contribution in [0.25, 0.3) is 0 Å². The second kappa shape index (κ2) is 5.00. The van der Waals surface area contributed by atoms with E-state index in [1.165, 1.54) is 12.8 Å². The summed E-state index contributed by atoms with van der Waals surface area (Å²) < 4.78 is 6.02. The number of nitrogens with zero attached hydrogens (tertiary/aromatic N) is 1. The van der Waals surface area contributed by atoms with Crippen LogP contribution in [0.1, 0.15) is 42.6 Å². The lowest BCUT2D eigenvalue weighted by Gasteiger charge is -2.17. The lowest BCUT2D eigenvalue weighted by atomic mass is 10.1. The Balaban J connectivity index is 2.32. The molecule has 0 radical (unpaired) electrons. The molecule has 0 spiro atoms. The van der Waals surface area contributed by atoms with Gasteiger partial charge in [-0.05, 0) is 39.5 Å². The summed E-state index contributed by atoms with van der Waals surface area (Å²) in [5.41, 5.74) is 8.33. The standard InChI is InChI=1S/C13H18N2OS/c1-8-7-11(16-10-5-3-4-6-10)12(13(14)17)9(2)15-8/h7,10H,3-6H2,1-2H3,(H2,14,17). The third-order valence-corrected chi connectivity index (χ3v) is 3.34. The quantitative estimate of drug-likeness (QED) is 0.838. The monoisotopic (exact) mass is 250 g/mol. The highest BCUT2D eigenvalue weighted by Crippen LogP contribution is 2.28. The zero-order valence-electron chi connectivity index (χ0n) is 10.3. The lowest BCUT2D eigenvalue weighted by molar-refractivity contribution is 0.209. The Kier molecular flexibility index (Phi) is 3.62. The number of hydrogen-bond donors (Lipinski definition) is 1. The molecular formula is C13H18N2OS. The molecule has 1 heterocycles. The van der Waals surface area contributed by atoms with Gasteiger partial charge in [-0.15, -0.1) is 0 Å². The molecule has 0 aromatic carbocycles. The van der Waals surface area contributed by atoms with E-state index in [4.69, 9.17) is 22.7 Å². The maximum atomic E-state index is 6.02. The predicted octanol–water partition coefficient (Wildman–Crippen LogP) is 2.65. The highest BCUT2D eigenvalue weighted by molar-refractivity contribution is 7.80. The molecule has 0 amide bonds. The number of rotatable bonds is 3. The van der Waals surface area contributed by atoms with Crippen molar-refractivity contribution in [2.24, 2.45) is 5.73 Å². The van der Waals surface area contributed by atoms with Crippen LogP contribution in [-0.4, -0.2) is 16.1 Å². The van der Waals surface area contributed by atoms with Crippen molar-refractivity contribution >= 4 is 17.2 Å². The Morgan fingerprint density at radius 1 is 1.41 bits per heavy atom. The molecule has 1 saturated carbocycles. The Morgan fingerprint density at radius 3 is 2.65 bits per heavy atom. The van der Waals surface area contributed by atoms with Crippen molar-refractivity contribution in [3.8, 4) is 5.75 Å². The first-order valence-corrected chi connectivity index (χ1v) is 6.43. The molecule has 4 heteroatoms. The number of aromatic nitrogens is 1. The minimum absolute atomic E-state index is 0.310. The summed E-state index contributed by atoms with van der Waals surface area (Å²) in [6.07, 6.45) is 5.05. The van der Waals surface area contributed by atoms with Crippen LogP contribution in [0.3, 0.4) is 0 Å². The van der Waals surface area contributed by atoms with Crippen molar-refractivity contribution < 1.29 is 4.74 Å². The van der Waals surface area contributed by atoms with E-state index < -0.39 is 0 Å². The van der Waals surface area contributed by atoms with E-state index in [-0.39, 0.29) is 0 Å². The van der Waals surface area contributed by atoms with E-state index >= 15 is 0 Å². The highest BCUT2D eigenvalue weighted by atomic mass is 32.1. The van der Waals surface area contributed by atoms with Crippen LogP contribution in [-0.2, 0) is 0 Å². The molecule has 1 aromatic rings. The van der Waals surface area contributed by atoms with E-state index in [2.05, 4.69) is 4.98 Å². The zero-order chi connectivity index (χ0) is 12.4. The van der Waals surface area contributed by atoms with Gasteiger partial charge in [0.15, 0.2) is 0 Å². The van der Waals surface area contributed by atoms with Crippen molar-refractivity contribution in [1.29, 1.82) is 0 Å². The van der Waals surface area contributed by atoms with Crippen LogP contribution in [0, 0.1) is 13.8 Å². The van der Waals surface area contributed by atoms with Gasteiger partial charge in [-0.25, -0.2) is 0 Å². The third kappa shape index (κ3) is 2.75. The smallest absolute Gasteiger partial charge is 0.133 e. The van der Waals surface area contributed by atoms with Gasteiger partial charge in [-0.1, -0.05) is 12.2 Å². The average molecular weight is 250 g/mol. The average Bonchev–Trinajstić information content (AvgIpc) is 2.68. The molecule has 3 nitrogen and oxygen atoms in total. The van der Waals surface area contributed by atoms with Crippen LogP contribution < -0.4 is 10.5 Å². The molecule has 1 aromatic heterocycles. The second-order valence-electron chi connectivity index (χ2n) is 4.61. The highest BCUT2D eigenvalue weighted by Gasteiger charge is 2.20. The van der Waals surface area contributed by atoms with Gasteiger partial charge < -0.3 is 10.5 Å². The van der Waals surface area contributed by atoms with Crippen LogP contribution in [0.15, 0.2) is 6.07 Å². The van der Waals surface area contributed by atoms with Gasteiger partial charge in [-0.3, -0.25) is 4.98 Å². The summed E-state index contributed by atoms with van der Waals surface area (Å²) in [7, 11) is 0. The van der Waals surface area contributed by atoms with Crippen molar-refractivity contribution in [1.82, 2.24) is 4.98 Å². The molecule has 1 fully saturated rings. The van der Waals surface area contributed by atoms with Gasteiger partial charge in [0.1, 0.15) is 10.7 Å². The number of nitrogens with two attached hydrogens (primary N) is 1. The summed E-state index contributed by atoms with van der Waals surface area (Å²) in [6.45, 7) is 3.88. The molecule has 1 aliphatic carbocycles. The van der Waals surface area contributed by atoms with Crippen LogP contribution in [0.4, 0.5) is 0 Å². The molecule has 92 valence electrons. The predicted molar refractivity (Wildman–Crippen MR) is 72.5 cm³/mol. The van der Waals surface area contributed by atoms with Gasteiger partial charge in [0.2, 0.25) is 0 Å². The fourth-order valence-electron chi connectivity index (χ4n) is 2.37. The fraction of sp³-hybridized carbons (Fsp3) is 0.538. The maximum Gasteiger partial charge on any atom is 0.133 e. The molecule has 17 heavy (non-hydrogen) atoms. The second-order valence-corrected chi connectivity index (χ2v) is 5.05. The number of ether oxygens (including phenoxy) is 1. The van der Waals surface area contributed by atoms with E-state index in [0.29, 0.717) is 11.1 Å². The van der Waals surface area contributed by atoms with E-state index in [1.807, 2.05) is 19.9 Å². The van der Waals surface area contributed by atoms with Crippen molar-refractivity contribution in [2.45, 2.75) is 45.6 Å². The third-order valence-electron chi connectivity index (χ3n) is 3.13. The van der Waals surface area contributed by atoms with Gasteiger partial charge in [0, 0.05) is 11.8 Å². The van der Waals surface area contributed by atoms with Crippen LogP contribution in [0.2, 0.25) is 0 Å². The Morgan fingerprint density at radius 2 is 2.06 bits per heavy atom. The summed E-state index contributed by atoms with van der Waals surface area (Å²) in [5, 5.41) is 0. The van der Waals surface area contributed by atoms with E-state index in [0.717, 1.165) is 35.5 Å². The molecule has 0 atom stereocenters. The molecule has 2 N–H and O–H groups in total. The molecular weight excluding hydrogens is 232 g/mol. The number of aryl methyl sites for hydroxylation is 2. The molecule has 0 aliphatic heterocycles. The topological polar surface area (TPSA) is 48.1 Å². The lowest BCUT2D eigenvalue weighted by Crippen LogP contribution is -2.18. The SMILES string of the molecule is Cc1cc(OC2CCCC2)c(C(N)=S)c(C)n1. The van der Waals surface area contributed by atoms with E-state index in [9.17, 15) is 0 Å². The first-order valence-electron chi connectivity index (χ1n) is 6.02. The van der Waals surface area contributed by atoms with E-state index in [1.54, 1.807) is 0 Å². The first-order chi connectivity index (χ1) is 8.08. The Bertz CT molecular complexity index is 439. The minimum atomic E-state index is 0.310. The molecule has 1 aliphatic rings. The molecule has 0 unspecified atom stereocenters. The fourth-order valence-corrected chi connectivity index (χ4v) is 2.62. The van der Waals surface area contributed by atoms with Crippen LogP contribution >= 0.6 is 12.2 Å². The minimum Gasteiger partial charge on any atom is -0.490 e. The van der Waals surface area contributed by atoms with Crippen molar-refractivity contribution in [3.63, 3.8) is 0 Å². The first kappa shape index (κ1) is 12.3. The van der Waals surface area contributed by atoms with Gasteiger partial charge in [0.25, 0.3) is 0 Å². The molecule has 2 rings (SSSR count). The van der Waals surface area contributed by atoms with Gasteiger partial charge in [0.05, 0.1) is 17.4 Å². The maximum absolute atomic E-state index is 6.02. The van der Waals surface area contributed by atoms with Crippen LogP contribution in [0.5, 0.6) is 5.75 Å². The normalized spacial score (nSPS) is 16.1. The summed E-state index contributed by atoms with van der Waals surface area (Å²) in [4.78, 5) is 4.75. The largest absolute Gasteiger partial charge is 0.490 e. The summed E-state index contributed by atoms with van der Waals surface area (Å²) in [5.74, 6) is 0.800. The Hall–Kier alpha value is -1.16. The van der Waals surface area contributed by atoms with Gasteiger partial charge in [-0.2, -0.15) is 0 Å². The summed E-state index contributed by atoms with van der Waals surface area (Å²) >= 11 is 5.08. The number of pyridine rings is 1.